The molecule has 8 aliphatic heterocycles. The average Bonchev–Trinajstić information content (AvgIpc) is 1.46. The lowest BCUT2D eigenvalue weighted by Gasteiger charge is -2.37. The zero-order valence-corrected chi connectivity index (χ0v) is 80.9. The summed E-state index contributed by atoms with van der Waals surface area (Å²) in [6, 6.07) is 2.71. The zero-order valence-electron chi connectivity index (χ0n) is 74.3. The quantitative estimate of drug-likeness (QED) is 0.0122. The van der Waals surface area contributed by atoms with Crippen molar-refractivity contribution in [1.82, 2.24) is 58.6 Å². The van der Waals surface area contributed by atoms with E-state index in [1.165, 1.54) is 49.1 Å². The highest BCUT2D eigenvalue weighted by molar-refractivity contribution is 7.52. The first-order valence-electron chi connectivity index (χ1n) is 41.5. The van der Waals surface area contributed by atoms with Gasteiger partial charge in [0, 0.05) is 49.1 Å². The number of aromatic amines is 4. The molecule has 12 heterocycles. The Bertz CT molecular complexity index is 4670. The van der Waals surface area contributed by atoms with Gasteiger partial charge in [0.05, 0.1) is 74.3 Å². The van der Waals surface area contributed by atoms with Crippen LogP contribution >= 0.6 is 77.4 Å². The Morgan fingerprint density at radius 2 is 0.523 bits per heavy atom. The molecule has 8 aliphatic rings. The number of carbonyl (C=O) groups is 4. The molecule has 12 rings (SSSR count). The highest BCUT2D eigenvalue weighted by atomic mass is 35.5. The molecular formula is C76H116Cl4N12O32P4. The van der Waals surface area contributed by atoms with E-state index in [2.05, 4.69) is 40.3 Å². The summed E-state index contributed by atoms with van der Waals surface area (Å²) in [5.74, 6) is -2.85. The number of aromatic nitrogens is 8. The maximum absolute atomic E-state index is 13.4. The van der Waals surface area contributed by atoms with Crippen molar-refractivity contribution in [1.29, 1.82) is 0 Å². The molecule has 0 radical (unpaired) electrons. The van der Waals surface area contributed by atoms with Crippen molar-refractivity contribution < 1.29 is 112 Å². The topological polar surface area (TPSA) is 552 Å². The Kier molecular flexibility index (Phi) is 35.3. The van der Waals surface area contributed by atoms with E-state index in [9.17, 15) is 75.8 Å². The number of alkyl halides is 4. The average molecular weight is 1980 g/mol. The van der Waals surface area contributed by atoms with Crippen LogP contribution in [0.1, 0.15) is 163 Å². The van der Waals surface area contributed by atoms with E-state index in [1.807, 2.05) is 55.4 Å². The van der Waals surface area contributed by atoms with Gasteiger partial charge in [0.2, 0.25) is 0 Å². The van der Waals surface area contributed by atoms with E-state index in [1.54, 1.807) is 83.1 Å². The Labute approximate surface area is 755 Å². The largest absolute Gasteiger partial charge is 0.464 e. The Balaban J connectivity index is 0.000000193. The van der Waals surface area contributed by atoms with Gasteiger partial charge < -0.3 is 37.9 Å². The molecule has 0 saturated carbocycles. The van der Waals surface area contributed by atoms with Crippen LogP contribution in [0.4, 0.5) is 0 Å². The molecule has 0 aromatic carbocycles. The minimum absolute atomic E-state index is 0.0104. The SMILES string of the molecule is CC(C)C(=O)OC[C@@H](N[P@@]1(=O)OC[C@H]2O[C@@H](n3ccc(=O)[nH]c3=O)[C@](C)(Cl)[C@@H]2O1)C(C)C.CC(C)C(=O)OC[C@@H](N[P@]1(=O)OC[C@H]2O[C@@H](n3ccc(=O)[nH]c3=O)[C@](C)(Cl)[C@@H]2O1)C(C)C.CC(C)C(=O)OC[C@H](N[P@@]1(=O)OC[C@H]2O[C@@H](n3ccc(=O)[nH]c3=O)[C@](C)(Cl)[C@@H]2O1)C(C)C.CC(C)C(=O)OC[C@H](N[P@]1(=O)OC[C@H]2O[C@@H](n3ccc(=O)[nH]c3=O)[C@](C)(Cl)[C@@H]2O1)C(C)C. The second kappa shape index (κ2) is 42.7. The number of hydrogen-bond donors (Lipinski definition) is 8. The number of fused-ring (bicyclic) bond motifs is 4. The van der Waals surface area contributed by atoms with Gasteiger partial charge in [-0.3, -0.25) is 113 Å². The van der Waals surface area contributed by atoms with Crippen molar-refractivity contribution in [2.24, 2.45) is 47.3 Å². The smallest absolute Gasteiger partial charge is 0.406 e. The third-order valence-corrected chi connectivity index (χ3v) is 30.0. The van der Waals surface area contributed by atoms with Crippen molar-refractivity contribution >= 4 is 101 Å². The summed E-state index contributed by atoms with van der Waals surface area (Å²) < 4.78 is 148. The molecule has 720 valence electrons. The van der Waals surface area contributed by atoms with Gasteiger partial charge in [-0.05, 0) is 51.4 Å². The monoisotopic (exact) mass is 1970 g/mol. The molecule has 0 unspecified atom stereocenters. The molecule has 8 N–H and O–H groups in total. The molecule has 4 aromatic heterocycles. The van der Waals surface area contributed by atoms with E-state index in [-0.39, 0.29) is 124 Å². The summed E-state index contributed by atoms with van der Waals surface area (Å²) in [5, 5.41) is 11.4. The maximum Gasteiger partial charge on any atom is 0.406 e. The van der Waals surface area contributed by atoms with Crippen LogP contribution in [0, 0.1) is 47.3 Å². The number of esters is 4. The van der Waals surface area contributed by atoms with Crippen LogP contribution in [0.2, 0.25) is 0 Å². The van der Waals surface area contributed by atoms with Crippen molar-refractivity contribution in [3.8, 4) is 0 Å². The van der Waals surface area contributed by atoms with Crippen molar-refractivity contribution in [2.75, 3.05) is 52.9 Å². The van der Waals surface area contributed by atoms with Gasteiger partial charge in [-0.15, -0.1) is 46.4 Å². The highest BCUT2D eigenvalue weighted by Crippen LogP contribution is 2.62. The highest BCUT2D eigenvalue weighted by Gasteiger charge is 2.64. The summed E-state index contributed by atoms with van der Waals surface area (Å²) in [4.78, 5) is 145. The molecule has 0 amide bonds. The molecule has 8 saturated heterocycles. The predicted molar refractivity (Wildman–Crippen MR) is 462 cm³/mol. The number of H-pyrrole nitrogens is 4. The number of halogens is 4. The normalized spacial score (nSPS) is 33.3. The van der Waals surface area contributed by atoms with Crippen molar-refractivity contribution in [2.45, 2.75) is 256 Å². The van der Waals surface area contributed by atoms with Crippen molar-refractivity contribution in [3.05, 3.63) is 132 Å². The zero-order chi connectivity index (χ0) is 95.4. The molecule has 128 heavy (non-hydrogen) atoms. The Morgan fingerprint density at radius 3 is 0.672 bits per heavy atom. The number of nitrogens with one attached hydrogen (secondary N) is 8. The van der Waals surface area contributed by atoms with Gasteiger partial charge >= 0.3 is 77.6 Å². The van der Waals surface area contributed by atoms with Crippen LogP contribution < -0.4 is 65.3 Å². The molecule has 4 aromatic rings. The molecule has 8 fully saturated rings. The number of hydrogen-bond acceptors (Lipinski definition) is 32. The van der Waals surface area contributed by atoms with Gasteiger partial charge in [0.15, 0.2) is 24.9 Å². The second-order valence-electron chi connectivity index (χ2n) is 35.1. The lowest BCUT2D eigenvalue weighted by Crippen LogP contribution is -2.48. The standard InChI is InChI=1S/4C19H29ClN3O8P/c4*1-10(2)12(8-28-16(25)11(3)4)22-32(27)29-9-13-15(31-32)19(5,20)17(30-13)23-7-6-14(24)21-18(23)26/h4*6-7,10-13,15,17H,8-9H2,1-5H3,(H,22,27)(H,21,24,26)/t12-,13+,15+,17+,19+,32+;12-,13+,15+,17+,19+,32-;12-,13-,15-,17-,19-,32+;12-,13-,15-,17-,19-,32-/m0011/s1. The van der Waals surface area contributed by atoms with Gasteiger partial charge in [0.25, 0.3) is 22.2 Å². The Morgan fingerprint density at radius 1 is 0.352 bits per heavy atom. The summed E-state index contributed by atoms with van der Waals surface area (Å²) in [6.45, 7) is 34.8. The fourth-order valence-electron chi connectivity index (χ4n) is 13.8. The van der Waals surface area contributed by atoms with Crippen LogP contribution in [0.5, 0.6) is 0 Å². The Hall–Kier alpha value is -5.96. The van der Waals surface area contributed by atoms with E-state index in [0.717, 1.165) is 18.3 Å². The first-order valence-corrected chi connectivity index (χ1v) is 49.2. The molecule has 44 nitrogen and oxygen atoms in total. The molecular weight excluding hydrogens is 1860 g/mol. The number of ether oxygens (including phenoxy) is 8. The van der Waals surface area contributed by atoms with Gasteiger partial charge in [-0.2, -0.15) is 0 Å². The van der Waals surface area contributed by atoms with Crippen LogP contribution in [-0.2, 0) is 112 Å². The van der Waals surface area contributed by atoms with Gasteiger partial charge in [-0.1, -0.05) is 111 Å². The number of nitrogens with zero attached hydrogens (tertiary/aromatic N) is 4. The number of carbonyl (C=O) groups excluding carboxylic acids is 4. The summed E-state index contributed by atoms with van der Waals surface area (Å²) >= 11 is 27.0. The third-order valence-electron chi connectivity index (χ3n) is 21.8. The minimum atomic E-state index is -3.85. The van der Waals surface area contributed by atoms with E-state index >= 15 is 0 Å². The predicted octanol–water partition coefficient (Wildman–Crippen LogP) is 7.07. The van der Waals surface area contributed by atoms with E-state index in [0.29, 0.717) is 0 Å². The second-order valence-corrected chi connectivity index (χ2v) is 45.3. The summed E-state index contributed by atoms with van der Waals surface area (Å²) in [7, 11) is -15.4. The first-order chi connectivity index (χ1) is 59.3. The van der Waals surface area contributed by atoms with Crippen LogP contribution in [0.3, 0.4) is 0 Å². The summed E-state index contributed by atoms with van der Waals surface area (Å²) in [5.41, 5.74) is -4.98. The van der Waals surface area contributed by atoms with E-state index < -0.39 is 193 Å². The fourth-order valence-corrected chi connectivity index (χ4v) is 23.3. The molecule has 24 atom stereocenters. The fraction of sp³-hybridized carbons (Fsp3) is 0.737. The minimum Gasteiger partial charge on any atom is -0.464 e. The molecule has 0 aliphatic carbocycles. The molecule has 0 spiro atoms. The van der Waals surface area contributed by atoms with Crippen LogP contribution in [0.15, 0.2) is 87.4 Å². The van der Waals surface area contributed by atoms with E-state index in [4.69, 9.17) is 120 Å². The maximum atomic E-state index is 13.4. The third kappa shape index (κ3) is 25.5. The van der Waals surface area contributed by atoms with Crippen LogP contribution in [-0.4, -0.2) is 207 Å². The van der Waals surface area contributed by atoms with Gasteiger partial charge in [0.1, 0.15) is 94.8 Å². The molecule has 52 heteroatoms. The van der Waals surface area contributed by atoms with Gasteiger partial charge in [-0.25, -0.2) is 57.8 Å². The number of rotatable bonds is 28. The lowest BCUT2D eigenvalue weighted by molar-refractivity contribution is -0.149. The van der Waals surface area contributed by atoms with Crippen LogP contribution in [0.25, 0.3) is 0 Å². The summed E-state index contributed by atoms with van der Waals surface area (Å²) in [6.07, 6.45) is -5.17. The molecule has 0 bridgehead atoms. The van der Waals surface area contributed by atoms with Crippen molar-refractivity contribution in [3.63, 3.8) is 0 Å². The first kappa shape index (κ1) is 106. The lowest BCUT2D eigenvalue weighted by atomic mass is 10.0.